The molecule has 1 saturated heterocycles. The quantitative estimate of drug-likeness (QED) is 0.430. The fraction of sp³-hybridized carbons (Fsp3) is 0.476. The van der Waals surface area contributed by atoms with Gasteiger partial charge < -0.3 is 19.9 Å². The van der Waals surface area contributed by atoms with Crippen LogP contribution in [0.3, 0.4) is 0 Å². The average Bonchev–Trinajstić information content (AvgIpc) is 2.77. The lowest BCUT2D eigenvalue weighted by atomic mass is 10.3. The molecule has 7 heteroatoms. The second-order valence-corrected chi connectivity index (χ2v) is 6.63. The average molecular weight is 383 g/mol. The lowest BCUT2D eigenvalue weighted by molar-refractivity contribution is 0.307. The van der Waals surface area contributed by atoms with Crippen molar-refractivity contribution < 1.29 is 4.74 Å². The van der Waals surface area contributed by atoms with E-state index in [2.05, 4.69) is 32.0 Å². The number of benzene rings is 1. The van der Waals surface area contributed by atoms with E-state index >= 15 is 0 Å². The van der Waals surface area contributed by atoms with E-state index in [4.69, 9.17) is 9.73 Å². The van der Waals surface area contributed by atoms with Crippen molar-refractivity contribution in [3.8, 4) is 5.75 Å². The van der Waals surface area contributed by atoms with Gasteiger partial charge in [0, 0.05) is 51.7 Å². The van der Waals surface area contributed by atoms with Crippen molar-refractivity contribution in [3.63, 3.8) is 0 Å². The maximum atomic E-state index is 5.74. The van der Waals surface area contributed by atoms with E-state index in [-0.39, 0.29) is 0 Å². The second-order valence-electron chi connectivity index (χ2n) is 6.63. The summed E-state index contributed by atoms with van der Waals surface area (Å²) < 4.78 is 5.74. The summed E-state index contributed by atoms with van der Waals surface area (Å²) in [5, 5.41) is 3.42. The van der Waals surface area contributed by atoms with Crippen molar-refractivity contribution in [2.24, 2.45) is 4.99 Å². The Morgan fingerprint density at radius 3 is 2.50 bits per heavy atom. The first kappa shape index (κ1) is 19.9. The molecule has 28 heavy (non-hydrogen) atoms. The van der Waals surface area contributed by atoms with Gasteiger partial charge in [0.15, 0.2) is 5.96 Å². The molecular weight excluding hydrogens is 352 g/mol. The number of rotatable bonds is 8. The fourth-order valence-corrected chi connectivity index (χ4v) is 3.10. The molecule has 0 bridgehead atoms. The summed E-state index contributed by atoms with van der Waals surface area (Å²) >= 11 is 0. The molecule has 0 spiro atoms. The molecule has 150 valence electrons. The highest BCUT2D eigenvalue weighted by Crippen LogP contribution is 2.10. The Bertz CT molecular complexity index is 701. The highest BCUT2D eigenvalue weighted by atomic mass is 16.5. The number of hydrogen-bond donors (Lipinski definition) is 1. The number of nitrogens with zero attached hydrogens (tertiary/aromatic N) is 5. The van der Waals surface area contributed by atoms with Crippen molar-refractivity contribution >= 4 is 11.9 Å². The molecule has 1 N–H and O–H groups in total. The molecule has 0 aliphatic carbocycles. The number of aliphatic imine (C=N–C) groups is 1. The first-order valence-electron chi connectivity index (χ1n) is 10.1. The van der Waals surface area contributed by atoms with Crippen LogP contribution >= 0.6 is 0 Å². The summed E-state index contributed by atoms with van der Waals surface area (Å²) in [7, 11) is 0. The van der Waals surface area contributed by atoms with Crippen LogP contribution in [-0.2, 0) is 0 Å². The van der Waals surface area contributed by atoms with Crippen LogP contribution in [0.2, 0.25) is 0 Å². The summed E-state index contributed by atoms with van der Waals surface area (Å²) in [6.07, 6.45) is 5.60. The number of hydrogen-bond acceptors (Lipinski definition) is 5. The molecule has 1 aliphatic rings. The zero-order valence-corrected chi connectivity index (χ0v) is 16.6. The first-order chi connectivity index (χ1) is 13.9. The van der Waals surface area contributed by atoms with Crippen molar-refractivity contribution in [2.75, 3.05) is 50.8 Å². The van der Waals surface area contributed by atoms with E-state index in [1.807, 2.05) is 36.4 Å². The summed E-state index contributed by atoms with van der Waals surface area (Å²) in [4.78, 5) is 18.0. The van der Waals surface area contributed by atoms with Gasteiger partial charge in [0.05, 0.1) is 6.61 Å². The van der Waals surface area contributed by atoms with Gasteiger partial charge in [-0.3, -0.25) is 4.99 Å². The van der Waals surface area contributed by atoms with Crippen molar-refractivity contribution in [1.82, 2.24) is 20.2 Å². The number of aromatic nitrogens is 2. The van der Waals surface area contributed by atoms with E-state index in [0.717, 1.165) is 76.4 Å². The number of unbranched alkanes of at least 4 members (excludes halogenated alkanes) is 1. The summed E-state index contributed by atoms with van der Waals surface area (Å²) in [6, 6.07) is 11.8. The van der Waals surface area contributed by atoms with E-state index in [9.17, 15) is 0 Å². The Morgan fingerprint density at radius 1 is 1.04 bits per heavy atom. The van der Waals surface area contributed by atoms with Crippen LogP contribution in [0, 0.1) is 0 Å². The van der Waals surface area contributed by atoms with E-state index in [1.165, 1.54) is 0 Å². The SMILES string of the molecule is CCNC(=NCCCCOc1ccccc1)N1CCN(c2ncccn2)CC1. The number of ether oxygens (including phenoxy) is 1. The maximum absolute atomic E-state index is 5.74. The molecule has 1 aromatic carbocycles. The van der Waals surface area contributed by atoms with Gasteiger partial charge >= 0.3 is 0 Å². The predicted molar refractivity (Wildman–Crippen MR) is 113 cm³/mol. The molecule has 2 aromatic rings. The standard InChI is InChI=1S/C21H30N6O/c1-2-22-20(23-11-6-7-18-28-19-9-4-3-5-10-19)26-14-16-27(17-15-26)21-24-12-8-13-25-21/h3-5,8-10,12-13H,2,6-7,11,14-18H2,1H3,(H,22,23). The third-order valence-corrected chi connectivity index (χ3v) is 4.58. The zero-order valence-electron chi connectivity index (χ0n) is 16.6. The maximum Gasteiger partial charge on any atom is 0.225 e. The molecule has 0 unspecified atom stereocenters. The van der Waals surface area contributed by atoms with Crippen molar-refractivity contribution in [2.45, 2.75) is 19.8 Å². The van der Waals surface area contributed by atoms with Gasteiger partial charge in [-0.05, 0) is 38.0 Å². The number of anilines is 1. The van der Waals surface area contributed by atoms with Crippen molar-refractivity contribution in [3.05, 3.63) is 48.8 Å². The number of nitrogens with one attached hydrogen (secondary N) is 1. The van der Waals surface area contributed by atoms with Gasteiger partial charge in [0.1, 0.15) is 5.75 Å². The lowest BCUT2D eigenvalue weighted by Gasteiger charge is -2.36. The molecule has 0 atom stereocenters. The van der Waals surface area contributed by atoms with Crippen LogP contribution in [0.15, 0.2) is 53.8 Å². The number of piperazine rings is 1. The van der Waals surface area contributed by atoms with Gasteiger partial charge in [-0.1, -0.05) is 18.2 Å². The normalized spacial score (nSPS) is 14.8. The Morgan fingerprint density at radius 2 is 1.79 bits per heavy atom. The minimum Gasteiger partial charge on any atom is -0.494 e. The lowest BCUT2D eigenvalue weighted by Crippen LogP contribution is -2.53. The van der Waals surface area contributed by atoms with Crippen LogP contribution in [0.25, 0.3) is 0 Å². The summed E-state index contributed by atoms with van der Waals surface area (Å²) in [5.41, 5.74) is 0. The minimum atomic E-state index is 0.728. The Kier molecular flexibility index (Phi) is 7.91. The Balaban J connectivity index is 1.40. The summed E-state index contributed by atoms with van der Waals surface area (Å²) in [5.74, 6) is 2.74. The molecule has 0 radical (unpaired) electrons. The van der Waals surface area contributed by atoms with Crippen molar-refractivity contribution in [1.29, 1.82) is 0 Å². The molecular formula is C21H30N6O. The van der Waals surface area contributed by atoms with E-state index < -0.39 is 0 Å². The smallest absolute Gasteiger partial charge is 0.225 e. The summed E-state index contributed by atoms with van der Waals surface area (Å²) in [6.45, 7) is 8.16. The molecule has 2 heterocycles. The van der Waals surface area contributed by atoms with Crippen LogP contribution in [0.4, 0.5) is 5.95 Å². The second kappa shape index (κ2) is 11.1. The molecule has 1 fully saturated rings. The third-order valence-electron chi connectivity index (χ3n) is 4.58. The fourth-order valence-electron chi connectivity index (χ4n) is 3.10. The third kappa shape index (κ3) is 6.11. The Hall–Kier alpha value is -2.83. The van der Waals surface area contributed by atoms with Gasteiger partial charge in [0.2, 0.25) is 5.95 Å². The molecule has 3 rings (SSSR count). The zero-order chi connectivity index (χ0) is 19.4. The van der Waals surface area contributed by atoms with Crippen LogP contribution < -0.4 is 15.0 Å². The van der Waals surface area contributed by atoms with Gasteiger partial charge in [-0.25, -0.2) is 9.97 Å². The van der Waals surface area contributed by atoms with E-state index in [1.54, 1.807) is 12.4 Å². The Labute approximate surface area is 167 Å². The molecule has 0 saturated carbocycles. The van der Waals surface area contributed by atoms with Gasteiger partial charge in [-0.2, -0.15) is 0 Å². The van der Waals surface area contributed by atoms with Gasteiger partial charge in [-0.15, -0.1) is 0 Å². The molecule has 0 amide bonds. The highest BCUT2D eigenvalue weighted by molar-refractivity contribution is 5.80. The topological polar surface area (TPSA) is 65.9 Å². The molecule has 7 nitrogen and oxygen atoms in total. The van der Waals surface area contributed by atoms with Crippen LogP contribution in [0.5, 0.6) is 5.75 Å². The predicted octanol–water partition coefficient (Wildman–Crippen LogP) is 2.42. The number of para-hydroxylation sites is 1. The minimum absolute atomic E-state index is 0.728. The highest BCUT2D eigenvalue weighted by Gasteiger charge is 2.20. The molecule has 1 aliphatic heterocycles. The van der Waals surface area contributed by atoms with Crippen LogP contribution in [-0.4, -0.2) is 66.7 Å². The number of guanidine groups is 1. The first-order valence-corrected chi connectivity index (χ1v) is 10.1. The van der Waals surface area contributed by atoms with Gasteiger partial charge in [0.25, 0.3) is 0 Å². The monoisotopic (exact) mass is 382 g/mol. The largest absolute Gasteiger partial charge is 0.494 e. The molecule has 1 aromatic heterocycles. The van der Waals surface area contributed by atoms with E-state index in [0.29, 0.717) is 0 Å². The van der Waals surface area contributed by atoms with Crippen LogP contribution in [0.1, 0.15) is 19.8 Å².